The first-order valence-electron chi connectivity index (χ1n) is 5.78. The van der Waals surface area contributed by atoms with Crippen molar-refractivity contribution in [2.45, 2.75) is 45.3 Å². The maximum atomic E-state index is 11.5. The number of rotatable bonds is 8. The number of carbonyl (C=O) groups excluding carboxylic acids is 1. The molecule has 0 aliphatic carbocycles. The second-order valence-corrected chi connectivity index (χ2v) is 4.41. The lowest BCUT2D eigenvalue weighted by atomic mass is 10.0. The molecule has 0 heterocycles. The molecule has 3 atom stereocenters. The predicted octanol–water partition coefficient (Wildman–Crippen LogP) is -0.298. The number of carboxylic acid groups (broad SMARTS) is 1. The van der Waals surface area contributed by atoms with Crippen molar-refractivity contribution in [1.82, 2.24) is 5.32 Å². The maximum absolute atomic E-state index is 11.5. The summed E-state index contributed by atoms with van der Waals surface area (Å²) in [6.45, 7) is 3.42. The summed E-state index contributed by atoms with van der Waals surface area (Å²) < 4.78 is 0. The maximum Gasteiger partial charge on any atom is 0.334 e. The Labute approximate surface area is 101 Å². The van der Waals surface area contributed by atoms with Gasteiger partial charge < -0.3 is 21.3 Å². The third kappa shape index (κ3) is 7.70. The molecule has 0 saturated carbocycles. The number of nitrogens with one attached hydrogen (secondary N) is 1. The zero-order valence-electron chi connectivity index (χ0n) is 10.3. The van der Waals surface area contributed by atoms with Crippen LogP contribution in [-0.2, 0) is 9.59 Å². The molecule has 0 fully saturated rings. The van der Waals surface area contributed by atoms with Crippen LogP contribution in [0.15, 0.2) is 0 Å². The second-order valence-electron chi connectivity index (χ2n) is 4.41. The van der Waals surface area contributed by atoms with E-state index in [0.29, 0.717) is 6.42 Å². The van der Waals surface area contributed by atoms with Gasteiger partial charge in [0.25, 0.3) is 0 Å². The molecule has 0 aromatic rings. The summed E-state index contributed by atoms with van der Waals surface area (Å²) >= 11 is 0. The Bertz CT molecular complexity index is 256. The van der Waals surface area contributed by atoms with Crippen LogP contribution in [-0.4, -0.2) is 40.8 Å². The molecule has 100 valence electrons. The van der Waals surface area contributed by atoms with Gasteiger partial charge in [-0.25, -0.2) is 4.79 Å². The van der Waals surface area contributed by atoms with Gasteiger partial charge in [0.1, 0.15) is 0 Å². The lowest BCUT2D eigenvalue weighted by molar-refractivity contribution is -0.146. The molecule has 6 nitrogen and oxygen atoms in total. The first-order chi connectivity index (χ1) is 7.84. The Morgan fingerprint density at radius 1 is 1.29 bits per heavy atom. The Morgan fingerprint density at radius 2 is 1.88 bits per heavy atom. The van der Waals surface area contributed by atoms with Crippen molar-refractivity contribution in [1.29, 1.82) is 0 Å². The van der Waals surface area contributed by atoms with Crippen LogP contribution >= 0.6 is 0 Å². The number of hydrogen-bond donors (Lipinski definition) is 4. The molecular formula is C11H22N2O4. The van der Waals surface area contributed by atoms with Gasteiger partial charge in [-0.15, -0.1) is 0 Å². The normalized spacial score (nSPS) is 16.0. The topological polar surface area (TPSA) is 113 Å². The van der Waals surface area contributed by atoms with Gasteiger partial charge in [-0.05, 0) is 19.8 Å². The number of nitrogens with two attached hydrogens (primary N) is 1. The summed E-state index contributed by atoms with van der Waals surface area (Å²) in [6.07, 6.45) is 0.870. The highest BCUT2D eigenvalue weighted by atomic mass is 16.4. The van der Waals surface area contributed by atoms with E-state index in [0.717, 1.165) is 12.8 Å². The van der Waals surface area contributed by atoms with Gasteiger partial charge in [0.05, 0.1) is 6.54 Å². The Hall–Kier alpha value is -1.14. The van der Waals surface area contributed by atoms with Crippen molar-refractivity contribution in [2.75, 3.05) is 6.54 Å². The van der Waals surface area contributed by atoms with Crippen LogP contribution in [0.2, 0.25) is 0 Å². The molecule has 0 aromatic carbocycles. The molecule has 0 aromatic heterocycles. The van der Waals surface area contributed by atoms with E-state index in [2.05, 4.69) is 5.32 Å². The summed E-state index contributed by atoms with van der Waals surface area (Å²) in [5, 5.41) is 19.8. The van der Waals surface area contributed by atoms with Gasteiger partial charge in [-0.1, -0.05) is 13.3 Å². The molecule has 17 heavy (non-hydrogen) atoms. The third-order valence-corrected chi connectivity index (χ3v) is 2.50. The number of aliphatic hydroxyl groups is 1. The number of aliphatic carboxylic acids is 1. The number of carbonyl (C=O) groups is 2. The van der Waals surface area contributed by atoms with E-state index in [1.165, 1.54) is 0 Å². The summed E-state index contributed by atoms with van der Waals surface area (Å²) in [6, 6.07) is 0.124. The standard InChI is InChI=1S/C11H22N2O4/c1-7(4-3-5-8(2)12)10(15)13-6-9(14)11(16)17/h7-9,14H,3-6,12H2,1-2H3,(H,13,15)(H,16,17)/t7?,8?,9-/m0/s1. The number of carboxylic acids is 1. The van der Waals surface area contributed by atoms with Gasteiger partial charge in [0, 0.05) is 12.0 Å². The smallest absolute Gasteiger partial charge is 0.334 e. The van der Waals surface area contributed by atoms with E-state index < -0.39 is 12.1 Å². The van der Waals surface area contributed by atoms with Crippen molar-refractivity contribution in [3.63, 3.8) is 0 Å². The van der Waals surface area contributed by atoms with Crippen molar-refractivity contribution in [3.05, 3.63) is 0 Å². The van der Waals surface area contributed by atoms with E-state index in [1.54, 1.807) is 6.92 Å². The molecule has 0 radical (unpaired) electrons. The molecule has 0 spiro atoms. The highest BCUT2D eigenvalue weighted by Gasteiger charge is 2.17. The van der Waals surface area contributed by atoms with Crippen LogP contribution < -0.4 is 11.1 Å². The average molecular weight is 246 g/mol. The highest BCUT2D eigenvalue weighted by Crippen LogP contribution is 2.08. The Morgan fingerprint density at radius 3 is 2.35 bits per heavy atom. The minimum absolute atomic E-state index is 0.124. The van der Waals surface area contributed by atoms with Crippen LogP contribution in [0.3, 0.4) is 0 Å². The van der Waals surface area contributed by atoms with Gasteiger partial charge in [-0.3, -0.25) is 4.79 Å². The zero-order valence-corrected chi connectivity index (χ0v) is 10.3. The van der Waals surface area contributed by atoms with E-state index in [1.807, 2.05) is 6.92 Å². The lowest BCUT2D eigenvalue weighted by Gasteiger charge is -2.13. The predicted molar refractivity (Wildman–Crippen MR) is 63.3 cm³/mol. The minimum atomic E-state index is -1.55. The first-order valence-corrected chi connectivity index (χ1v) is 5.78. The van der Waals surface area contributed by atoms with E-state index >= 15 is 0 Å². The number of amides is 1. The van der Waals surface area contributed by atoms with Crippen molar-refractivity contribution >= 4 is 11.9 Å². The van der Waals surface area contributed by atoms with Crippen LogP contribution in [0.25, 0.3) is 0 Å². The van der Waals surface area contributed by atoms with Gasteiger partial charge >= 0.3 is 5.97 Å². The molecule has 0 saturated heterocycles. The summed E-state index contributed by atoms with van der Waals surface area (Å²) in [7, 11) is 0. The highest BCUT2D eigenvalue weighted by molar-refractivity contribution is 5.79. The largest absolute Gasteiger partial charge is 0.479 e. The molecule has 0 bridgehead atoms. The molecule has 0 rings (SSSR count). The van der Waals surface area contributed by atoms with Gasteiger partial charge in [0.2, 0.25) is 5.91 Å². The van der Waals surface area contributed by atoms with Crippen LogP contribution in [0.4, 0.5) is 0 Å². The zero-order chi connectivity index (χ0) is 13.4. The summed E-state index contributed by atoms with van der Waals surface area (Å²) in [5.41, 5.74) is 5.59. The average Bonchev–Trinajstić information content (AvgIpc) is 2.24. The number of hydrogen-bond acceptors (Lipinski definition) is 4. The minimum Gasteiger partial charge on any atom is -0.479 e. The molecule has 0 aliphatic rings. The van der Waals surface area contributed by atoms with Crippen molar-refractivity contribution < 1.29 is 19.8 Å². The Kier molecular flexibility index (Phi) is 7.49. The third-order valence-electron chi connectivity index (χ3n) is 2.50. The molecule has 1 amide bonds. The second kappa shape index (κ2) is 8.03. The fraction of sp³-hybridized carbons (Fsp3) is 0.818. The summed E-state index contributed by atoms with van der Waals surface area (Å²) in [4.78, 5) is 21.8. The first kappa shape index (κ1) is 15.9. The molecular weight excluding hydrogens is 224 g/mol. The van der Waals surface area contributed by atoms with Crippen molar-refractivity contribution in [3.8, 4) is 0 Å². The van der Waals surface area contributed by atoms with Crippen LogP contribution in [0, 0.1) is 5.92 Å². The molecule has 6 heteroatoms. The number of aliphatic hydroxyl groups excluding tert-OH is 1. The lowest BCUT2D eigenvalue weighted by Crippen LogP contribution is -2.38. The molecule has 2 unspecified atom stereocenters. The quantitative estimate of drug-likeness (QED) is 0.470. The van der Waals surface area contributed by atoms with Crippen LogP contribution in [0.5, 0.6) is 0 Å². The molecule has 5 N–H and O–H groups in total. The Balaban J connectivity index is 3.78. The van der Waals surface area contributed by atoms with Gasteiger partial charge in [-0.2, -0.15) is 0 Å². The fourth-order valence-electron chi connectivity index (χ4n) is 1.34. The fourth-order valence-corrected chi connectivity index (χ4v) is 1.34. The van der Waals surface area contributed by atoms with E-state index in [4.69, 9.17) is 15.9 Å². The summed E-state index contributed by atoms with van der Waals surface area (Å²) in [5.74, 6) is -1.78. The monoisotopic (exact) mass is 246 g/mol. The van der Waals surface area contributed by atoms with E-state index in [-0.39, 0.29) is 24.4 Å². The van der Waals surface area contributed by atoms with Crippen molar-refractivity contribution in [2.24, 2.45) is 11.7 Å². The van der Waals surface area contributed by atoms with Gasteiger partial charge in [0.15, 0.2) is 6.10 Å². The van der Waals surface area contributed by atoms with Crippen LogP contribution in [0.1, 0.15) is 33.1 Å². The molecule has 0 aliphatic heterocycles. The van der Waals surface area contributed by atoms with E-state index in [9.17, 15) is 9.59 Å². The SMILES string of the molecule is CC(N)CCCC(C)C(=O)NC[C@H](O)C(=O)O.